The smallest absolute Gasteiger partial charge is 0.0406 e. The SMILES string of the molecule is CC1NCCN(C)C1Cc1ccc(Cl)cc1. The predicted molar refractivity (Wildman–Crippen MR) is 69.0 cm³/mol. The van der Waals surface area contributed by atoms with Crippen molar-refractivity contribution in [1.29, 1.82) is 0 Å². The van der Waals surface area contributed by atoms with Gasteiger partial charge in [-0.3, -0.25) is 0 Å². The van der Waals surface area contributed by atoms with Crippen molar-refractivity contribution < 1.29 is 0 Å². The van der Waals surface area contributed by atoms with Gasteiger partial charge in [-0.2, -0.15) is 0 Å². The molecule has 0 radical (unpaired) electrons. The molecule has 16 heavy (non-hydrogen) atoms. The van der Waals surface area contributed by atoms with Crippen molar-refractivity contribution in [3.8, 4) is 0 Å². The first-order chi connectivity index (χ1) is 7.66. The predicted octanol–water partition coefficient (Wildman–Crippen LogP) is 2.17. The van der Waals surface area contributed by atoms with E-state index < -0.39 is 0 Å². The molecule has 0 bridgehead atoms. The molecule has 1 N–H and O–H groups in total. The lowest BCUT2D eigenvalue weighted by atomic mass is 9.97. The molecule has 1 saturated heterocycles. The quantitative estimate of drug-likeness (QED) is 0.850. The molecule has 1 fully saturated rings. The Kier molecular flexibility index (Phi) is 3.85. The van der Waals surface area contributed by atoms with Crippen LogP contribution in [0.4, 0.5) is 0 Å². The lowest BCUT2D eigenvalue weighted by molar-refractivity contribution is 0.157. The maximum atomic E-state index is 5.89. The van der Waals surface area contributed by atoms with E-state index in [1.54, 1.807) is 0 Å². The molecule has 3 heteroatoms. The van der Waals surface area contributed by atoms with E-state index in [0.29, 0.717) is 12.1 Å². The zero-order valence-electron chi connectivity index (χ0n) is 9.91. The van der Waals surface area contributed by atoms with Gasteiger partial charge in [0.1, 0.15) is 0 Å². The Balaban J connectivity index is 2.04. The van der Waals surface area contributed by atoms with Crippen LogP contribution in [0, 0.1) is 0 Å². The normalized spacial score (nSPS) is 26.9. The monoisotopic (exact) mass is 238 g/mol. The number of halogens is 1. The minimum atomic E-state index is 0.550. The second-order valence-corrected chi connectivity index (χ2v) is 5.06. The molecule has 1 aliphatic heterocycles. The molecule has 1 aliphatic rings. The Morgan fingerprint density at radius 2 is 2.06 bits per heavy atom. The second kappa shape index (κ2) is 5.17. The van der Waals surface area contributed by atoms with Gasteiger partial charge in [-0.15, -0.1) is 0 Å². The molecule has 1 heterocycles. The Labute approximate surface area is 103 Å². The van der Waals surface area contributed by atoms with Gasteiger partial charge in [-0.05, 0) is 38.1 Å². The molecule has 0 aromatic heterocycles. The van der Waals surface area contributed by atoms with Gasteiger partial charge in [-0.1, -0.05) is 23.7 Å². The standard InChI is InChI=1S/C13H19ClN2/c1-10-13(16(2)8-7-15-10)9-11-3-5-12(14)6-4-11/h3-6,10,13,15H,7-9H2,1-2H3. The molecule has 1 aromatic rings. The Hall–Kier alpha value is -0.570. The van der Waals surface area contributed by atoms with Crippen LogP contribution in [0.3, 0.4) is 0 Å². The van der Waals surface area contributed by atoms with Crippen molar-refractivity contribution in [3.05, 3.63) is 34.9 Å². The first-order valence-electron chi connectivity index (χ1n) is 5.85. The Bertz CT molecular complexity index is 326. The number of nitrogens with one attached hydrogen (secondary N) is 1. The van der Waals surface area contributed by atoms with E-state index in [1.165, 1.54) is 5.56 Å². The highest BCUT2D eigenvalue weighted by Crippen LogP contribution is 2.16. The number of hydrogen-bond donors (Lipinski definition) is 1. The van der Waals surface area contributed by atoms with Gasteiger partial charge in [-0.25, -0.2) is 0 Å². The summed E-state index contributed by atoms with van der Waals surface area (Å²) in [5, 5.41) is 4.34. The van der Waals surface area contributed by atoms with Crippen LogP contribution in [0.25, 0.3) is 0 Å². The highest BCUT2D eigenvalue weighted by atomic mass is 35.5. The fourth-order valence-electron chi connectivity index (χ4n) is 2.35. The van der Waals surface area contributed by atoms with Crippen LogP contribution >= 0.6 is 11.6 Å². The van der Waals surface area contributed by atoms with E-state index in [2.05, 4.69) is 36.3 Å². The van der Waals surface area contributed by atoms with E-state index in [9.17, 15) is 0 Å². The van der Waals surface area contributed by atoms with Crippen molar-refractivity contribution in [2.24, 2.45) is 0 Å². The summed E-state index contributed by atoms with van der Waals surface area (Å²) < 4.78 is 0. The van der Waals surface area contributed by atoms with Crippen molar-refractivity contribution >= 4 is 11.6 Å². The van der Waals surface area contributed by atoms with E-state index in [0.717, 1.165) is 24.5 Å². The van der Waals surface area contributed by atoms with Gasteiger partial charge in [0.15, 0.2) is 0 Å². The van der Waals surface area contributed by atoms with Gasteiger partial charge in [0.25, 0.3) is 0 Å². The molecule has 1 aromatic carbocycles. The summed E-state index contributed by atoms with van der Waals surface area (Å²) in [6.45, 7) is 4.48. The average molecular weight is 239 g/mol. The number of benzene rings is 1. The highest BCUT2D eigenvalue weighted by molar-refractivity contribution is 6.30. The van der Waals surface area contributed by atoms with E-state index in [4.69, 9.17) is 11.6 Å². The van der Waals surface area contributed by atoms with Crippen LogP contribution in [-0.2, 0) is 6.42 Å². The van der Waals surface area contributed by atoms with Gasteiger partial charge >= 0.3 is 0 Å². The fourth-order valence-corrected chi connectivity index (χ4v) is 2.47. The van der Waals surface area contributed by atoms with Crippen LogP contribution in [0.5, 0.6) is 0 Å². The van der Waals surface area contributed by atoms with Crippen LogP contribution < -0.4 is 5.32 Å². The number of piperazine rings is 1. The maximum Gasteiger partial charge on any atom is 0.0406 e. The highest BCUT2D eigenvalue weighted by Gasteiger charge is 2.25. The molecular weight excluding hydrogens is 220 g/mol. The molecule has 2 nitrogen and oxygen atoms in total. The first-order valence-corrected chi connectivity index (χ1v) is 6.22. The Morgan fingerprint density at radius 3 is 2.69 bits per heavy atom. The molecule has 0 spiro atoms. The van der Waals surface area contributed by atoms with Crippen LogP contribution in [0.1, 0.15) is 12.5 Å². The average Bonchev–Trinajstić information content (AvgIpc) is 2.26. The molecule has 0 aliphatic carbocycles. The fraction of sp³-hybridized carbons (Fsp3) is 0.538. The summed E-state index contributed by atoms with van der Waals surface area (Å²) in [5.74, 6) is 0. The third-order valence-corrected chi connectivity index (χ3v) is 3.68. The first kappa shape index (κ1) is 11.9. The maximum absolute atomic E-state index is 5.89. The number of nitrogens with zero attached hydrogens (tertiary/aromatic N) is 1. The minimum absolute atomic E-state index is 0.550. The van der Waals surface area contributed by atoms with Gasteiger partial charge in [0.2, 0.25) is 0 Å². The summed E-state index contributed by atoms with van der Waals surface area (Å²) in [6.07, 6.45) is 1.09. The van der Waals surface area contributed by atoms with Crippen LogP contribution in [-0.4, -0.2) is 37.1 Å². The van der Waals surface area contributed by atoms with Crippen molar-refractivity contribution in [2.45, 2.75) is 25.4 Å². The number of likely N-dealkylation sites (N-methyl/N-ethyl adjacent to an activating group) is 1. The van der Waals surface area contributed by atoms with E-state index >= 15 is 0 Å². The minimum Gasteiger partial charge on any atom is -0.311 e. The number of rotatable bonds is 2. The van der Waals surface area contributed by atoms with Crippen molar-refractivity contribution in [3.63, 3.8) is 0 Å². The van der Waals surface area contributed by atoms with Gasteiger partial charge < -0.3 is 10.2 Å². The van der Waals surface area contributed by atoms with E-state index in [1.807, 2.05) is 12.1 Å². The zero-order valence-corrected chi connectivity index (χ0v) is 10.7. The Morgan fingerprint density at radius 1 is 1.38 bits per heavy atom. The van der Waals surface area contributed by atoms with Crippen LogP contribution in [0.2, 0.25) is 5.02 Å². The summed E-state index contributed by atoms with van der Waals surface area (Å²) >= 11 is 5.89. The van der Waals surface area contributed by atoms with Gasteiger partial charge in [0, 0.05) is 30.2 Å². The summed E-state index contributed by atoms with van der Waals surface area (Å²) in [4.78, 5) is 2.44. The third-order valence-electron chi connectivity index (χ3n) is 3.43. The zero-order chi connectivity index (χ0) is 11.5. The topological polar surface area (TPSA) is 15.3 Å². The molecule has 0 saturated carbocycles. The molecule has 88 valence electrons. The van der Waals surface area contributed by atoms with E-state index in [-0.39, 0.29) is 0 Å². The second-order valence-electron chi connectivity index (χ2n) is 4.62. The van der Waals surface area contributed by atoms with Crippen molar-refractivity contribution in [1.82, 2.24) is 10.2 Å². The number of hydrogen-bond acceptors (Lipinski definition) is 2. The molecule has 2 rings (SSSR count). The van der Waals surface area contributed by atoms with Gasteiger partial charge in [0.05, 0.1) is 0 Å². The summed E-state index contributed by atoms with van der Waals surface area (Å²) in [5.41, 5.74) is 1.36. The largest absolute Gasteiger partial charge is 0.311 e. The summed E-state index contributed by atoms with van der Waals surface area (Å²) in [6, 6.07) is 9.31. The van der Waals surface area contributed by atoms with Crippen LogP contribution in [0.15, 0.2) is 24.3 Å². The molecular formula is C13H19ClN2. The molecule has 2 unspecified atom stereocenters. The molecule has 0 amide bonds. The lowest BCUT2D eigenvalue weighted by Crippen LogP contribution is -2.55. The molecule has 2 atom stereocenters. The summed E-state index contributed by atoms with van der Waals surface area (Å²) in [7, 11) is 2.21. The third kappa shape index (κ3) is 2.76. The van der Waals surface area contributed by atoms with Crippen molar-refractivity contribution in [2.75, 3.05) is 20.1 Å². The lowest BCUT2D eigenvalue weighted by Gasteiger charge is -2.38.